The Morgan fingerprint density at radius 3 is 2.00 bits per heavy atom. The van der Waals surface area contributed by atoms with Crippen LogP contribution in [0.5, 0.6) is 0 Å². The van der Waals surface area contributed by atoms with Crippen molar-refractivity contribution >= 4 is 15.9 Å². The van der Waals surface area contributed by atoms with Gasteiger partial charge in [0.15, 0.2) is 5.79 Å². The number of ether oxygens (including phenoxy) is 2. The molecule has 0 aliphatic carbocycles. The van der Waals surface area contributed by atoms with Crippen LogP contribution in [0.2, 0.25) is 0 Å². The summed E-state index contributed by atoms with van der Waals surface area (Å²) in [4.78, 5) is 0. The molecule has 0 aromatic rings. The zero-order valence-electron chi connectivity index (χ0n) is 6.26. The maximum absolute atomic E-state index is 8.61. The number of hydrogen-bond acceptors (Lipinski definition) is 3. The van der Waals surface area contributed by atoms with Crippen molar-refractivity contribution in [2.24, 2.45) is 0 Å². The second-order valence-corrected chi connectivity index (χ2v) is 2.49. The molecule has 0 saturated heterocycles. The molecule has 0 unspecified atom stereocenters. The number of hydrogen-bond donors (Lipinski definition) is 1. The first-order chi connectivity index (χ1) is 4.74. The second-order valence-electron chi connectivity index (χ2n) is 1.93. The molecule has 1 N–H and O–H groups in total. The Morgan fingerprint density at radius 2 is 1.90 bits per heavy atom. The van der Waals surface area contributed by atoms with Crippen molar-refractivity contribution in [2.75, 3.05) is 26.2 Å². The molecular weight excluding hydrogens is 200 g/mol. The van der Waals surface area contributed by atoms with Gasteiger partial charge in [0.1, 0.15) is 0 Å². The molecule has 0 rings (SSSR count). The van der Waals surface area contributed by atoms with Gasteiger partial charge in [-0.05, 0) is 0 Å². The third-order valence-electron chi connectivity index (χ3n) is 1.44. The lowest BCUT2D eigenvalue weighted by atomic mass is 10.2. The fourth-order valence-corrected chi connectivity index (χ4v) is 1.37. The Hall–Kier alpha value is 0.360. The summed E-state index contributed by atoms with van der Waals surface area (Å²) < 4.78 is 10.1. The normalized spacial score (nSPS) is 12.0. The van der Waals surface area contributed by atoms with E-state index in [0.717, 1.165) is 0 Å². The summed E-state index contributed by atoms with van der Waals surface area (Å²) in [6.45, 7) is 0.0628. The van der Waals surface area contributed by atoms with Gasteiger partial charge in [-0.2, -0.15) is 0 Å². The molecule has 10 heavy (non-hydrogen) atoms. The van der Waals surface area contributed by atoms with Crippen molar-refractivity contribution in [1.29, 1.82) is 0 Å². The summed E-state index contributed by atoms with van der Waals surface area (Å²) in [6, 6.07) is 0. The molecule has 0 fully saturated rings. The fraction of sp³-hybridized carbons (Fsp3) is 1.00. The lowest BCUT2D eigenvalue weighted by Crippen LogP contribution is -2.36. The second kappa shape index (κ2) is 5.07. The van der Waals surface area contributed by atoms with Crippen LogP contribution in [0.3, 0.4) is 0 Å². The van der Waals surface area contributed by atoms with Crippen LogP contribution in [0, 0.1) is 0 Å². The minimum absolute atomic E-state index is 0.0628. The van der Waals surface area contributed by atoms with Crippen LogP contribution in [0.25, 0.3) is 0 Å². The van der Waals surface area contributed by atoms with E-state index in [2.05, 4.69) is 15.9 Å². The lowest BCUT2D eigenvalue weighted by molar-refractivity contribution is -0.196. The monoisotopic (exact) mass is 212 g/mol. The third kappa shape index (κ3) is 2.54. The molecule has 0 aromatic carbocycles. The van der Waals surface area contributed by atoms with Crippen LogP contribution in [0.4, 0.5) is 0 Å². The molecule has 0 bridgehead atoms. The summed E-state index contributed by atoms with van der Waals surface area (Å²) in [5.74, 6) is -0.658. The molecule has 62 valence electrons. The van der Waals surface area contributed by atoms with Gasteiger partial charge in [0.2, 0.25) is 0 Å². The summed E-state index contributed by atoms with van der Waals surface area (Å²) >= 11 is 3.23. The van der Waals surface area contributed by atoms with E-state index in [0.29, 0.717) is 11.8 Å². The third-order valence-corrected chi connectivity index (χ3v) is 2.29. The van der Waals surface area contributed by atoms with E-state index in [4.69, 9.17) is 14.6 Å². The van der Waals surface area contributed by atoms with E-state index in [1.807, 2.05) is 0 Å². The van der Waals surface area contributed by atoms with E-state index in [9.17, 15) is 0 Å². The first-order valence-electron chi connectivity index (χ1n) is 3.02. The van der Waals surface area contributed by atoms with E-state index < -0.39 is 5.79 Å². The number of aliphatic hydroxyl groups is 1. The predicted molar refractivity (Wildman–Crippen MR) is 42.2 cm³/mol. The molecule has 0 spiro atoms. The summed E-state index contributed by atoms with van der Waals surface area (Å²) in [7, 11) is 3.11. The Morgan fingerprint density at radius 1 is 1.40 bits per heavy atom. The highest BCUT2D eigenvalue weighted by molar-refractivity contribution is 9.09. The van der Waals surface area contributed by atoms with Crippen molar-refractivity contribution in [3.05, 3.63) is 0 Å². The molecule has 0 saturated carbocycles. The summed E-state index contributed by atoms with van der Waals surface area (Å²) in [5.41, 5.74) is 0. The smallest absolute Gasteiger partial charge is 0.179 e. The van der Waals surface area contributed by atoms with E-state index >= 15 is 0 Å². The zero-order chi connectivity index (χ0) is 8.04. The van der Waals surface area contributed by atoms with Crippen molar-refractivity contribution in [2.45, 2.75) is 12.2 Å². The fourth-order valence-electron chi connectivity index (χ4n) is 0.634. The SMILES string of the molecule is COC(CBr)(CCO)OC. The molecular formula is C6H13BrO3. The highest BCUT2D eigenvalue weighted by Crippen LogP contribution is 2.18. The topological polar surface area (TPSA) is 38.7 Å². The van der Waals surface area contributed by atoms with Crippen molar-refractivity contribution in [3.8, 4) is 0 Å². The Balaban J connectivity index is 3.87. The first kappa shape index (κ1) is 10.4. The molecule has 0 aromatic heterocycles. The van der Waals surface area contributed by atoms with Crippen LogP contribution in [-0.4, -0.2) is 37.1 Å². The van der Waals surface area contributed by atoms with Gasteiger partial charge in [-0.1, -0.05) is 15.9 Å². The number of alkyl halides is 1. The number of methoxy groups -OCH3 is 2. The molecule has 0 amide bonds. The number of rotatable bonds is 5. The van der Waals surface area contributed by atoms with Gasteiger partial charge in [-0.25, -0.2) is 0 Å². The van der Waals surface area contributed by atoms with Crippen LogP contribution in [0.1, 0.15) is 6.42 Å². The Bertz CT molecular complexity index is 74.8. The largest absolute Gasteiger partial charge is 0.396 e. The highest BCUT2D eigenvalue weighted by Gasteiger charge is 2.26. The lowest BCUT2D eigenvalue weighted by Gasteiger charge is -2.27. The molecule has 4 heteroatoms. The molecule has 0 heterocycles. The number of aliphatic hydroxyl groups excluding tert-OH is 1. The summed E-state index contributed by atoms with van der Waals surface area (Å²) in [5, 5.41) is 9.18. The highest BCUT2D eigenvalue weighted by atomic mass is 79.9. The van der Waals surface area contributed by atoms with E-state index in [-0.39, 0.29) is 6.61 Å². The quantitative estimate of drug-likeness (QED) is 0.541. The van der Waals surface area contributed by atoms with Crippen LogP contribution < -0.4 is 0 Å². The van der Waals surface area contributed by atoms with Crippen molar-refractivity contribution < 1.29 is 14.6 Å². The first-order valence-corrected chi connectivity index (χ1v) is 4.14. The van der Waals surface area contributed by atoms with Gasteiger partial charge >= 0.3 is 0 Å². The molecule has 0 radical (unpaired) electrons. The number of halogens is 1. The average Bonchev–Trinajstić information content (AvgIpc) is 2.01. The van der Waals surface area contributed by atoms with Gasteiger partial charge in [0.25, 0.3) is 0 Å². The van der Waals surface area contributed by atoms with E-state index in [1.54, 1.807) is 14.2 Å². The molecule has 0 atom stereocenters. The van der Waals surface area contributed by atoms with Gasteiger partial charge in [-0.15, -0.1) is 0 Å². The van der Waals surface area contributed by atoms with Gasteiger partial charge in [-0.3, -0.25) is 0 Å². The predicted octanol–water partition coefficient (Wildman–Crippen LogP) is 0.753. The van der Waals surface area contributed by atoms with Gasteiger partial charge in [0, 0.05) is 27.2 Å². The minimum atomic E-state index is -0.658. The maximum atomic E-state index is 8.61. The van der Waals surface area contributed by atoms with Gasteiger partial charge < -0.3 is 14.6 Å². The van der Waals surface area contributed by atoms with Crippen molar-refractivity contribution in [1.82, 2.24) is 0 Å². The standard InChI is InChI=1S/C6H13BrO3/c1-9-6(5-7,10-2)3-4-8/h8H,3-5H2,1-2H3. The van der Waals surface area contributed by atoms with Crippen LogP contribution >= 0.6 is 15.9 Å². The maximum Gasteiger partial charge on any atom is 0.179 e. The van der Waals surface area contributed by atoms with Crippen LogP contribution in [0.15, 0.2) is 0 Å². The van der Waals surface area contributed by atoms with Crippen LogP contribution in [-0.2, 0) is 9.47 Å². The van der Waals surface area contributed by atoms with E-state index in [1.165, 1.54) is 0 Å². The molecule has 0 aliphatic rings. The van der Waals surface area contributed by atoms with Crippen molar-refractivity contribution in [3.63, 3.8) is 0 Å². The average molecular weight is 213 g/mol. The molecule has 0 aliphatic heterocycles. The zero-order valence-corrected chi connectivity index (χ0v) is 7.85. The molecule has 3 nitrogen and oxygen atoms in total. The van der Waals surface area contributed by atoms with Gasteiger partial charge in [0.05, 0.1) is 5.33 Å². The minimum Gasteiger partial charge on any atom is -0.396 e. The Kier molecular flexibility index (Phi) is 5.25. The Labute approximate surface area is 69.5 Å². The summed E-state index contributed by atoms with van der Waals surface area (Å²) in [6.07, 6.45) is 0.477.